The van der Waals surface area contributed by atoms with Gasteiger partial charge in [-0.1, -0.05) is 30.3 Å². The second-order valence-corrected chi connectivity index (χ2v) is 6.57. The normalized spacial score (nSPS) is 18.1. The third-order valence-corrected chi connectivity index (χ3v) is 4.80. The number of hydrogen-bond acceptors (Lipinski definition) is 4. The van der Waals surface area contributed by atoms with Gasteiger partial charge in [-0.3, -0.25) is 4.79 Å². The summed E-state index contributed by atoms with van der Waals surface area (Å²) in [5, 5.41) is 9.26. The highest BCUT2D eigenvalue weighted by Gasteiger charge is 2.18. The van der Waals surface area contributed by atoms with Crippen LogP contribution in [0.15, 0.2) is 35.7 Å². The van der Waals surface area contributed by atoms with Crippen LogP contribution in [0.3, 0.4) is 0 Å². The average Bonchev–Trinajstić information content (AvgIpc) is 3.04. The predicted octanol–water partition coefficient (Wildman–Crippen LogP) is 2.41. The molecule has 0 unspecified atom stereocenters. The van der Waals surface area contributed by atoms with Gasteiger partial charge in [-0.05, 0) is 31.4 Å². The number of thiazole rings is 1. The van der Waals surface area contributed by atoms with Gasteiger partial charge in [-0.2, -0.15) is 0 Å². The van der Waals surface area contributed by atoms with Crippen LogP contribution in [0, 0.1) is 0 Å². The Morgan fingerprint density at radius 3 is 2.95 bits per heavy atom. The van der Waals surface area contributed by atoms with Gasteiger partial charge in [0.1, 0.15) is 5.69 Å². The second-order valence-electron chi connectivity index (χ2n) is 5.63. The zero-order chi connectivity index (χ0) is 15.2. The van der Waals surface area contributed by atoms with Gasteiger partial charge in [0.2, 0.25) is 0 Å². The van der Waals surface area contributed by atoms with E-state index in [2.05, 4.69) is 27.8 Å². The number of hydrogen-bond donors (Lipinski definition) is 2. The molecule has 1 saturated heterocycles. The van der Waals surface area contributed by atoms with E-state index in [1.54, 1.807) is 11.3 Å². The van der Waals surface area contributed by atoms with E-state index in [4.69, 9.17) is 0 Å². The molecule has 1 aliphatic heterocycles. The summed E-state index contributed by atoms with van der Waals surface area (Å²) in [5.74, 6) is -0.0455. The van der Waals surface area contributed by atoms with E-state index in [0.717, 1.165) is 43.8 Å². The van der Waals surface area contributed by atoms with Gasteiger partial charge in [-0.25, -0.2) is 4.98 Å². The molecule has 22 heavy (non-hydrogen) atoms. The van der Waals surface area contributed by atoms with Crippen LogP contribution < -0.4 is 10.6 Å². The van der Waals surface area contributed by atoms with Crippen molar-refractivity contribution in [1.82, 2.24) is 15.6 Å². The highest BCUT2D eigenvalue weighted by Crippen LogP contribution is 2.14. The van der Waals surface area contributed by atoms with Gasteiger partial charge < -0.3 is 10.6 Å². The first kappa shape index (κ1) is 15.2. The van der Waals surface area contributed by atoms with Crippen molar-refractivity contribution in [3.05, 3.63) is 52.0 Å². The smallest absolute Gasteiger partial charge is 0.271 e. The van der Waals surface area contributed by atoms with E-state index in [9.17, 15) is 4.79 Å². The first-order valence-electron chi connectivity index (χ1n) is 7.81. The van der Waals surface area contributed by atoms with E-state index < -0.39 is 0 Å². The summed E-state index contributed by atoms with van der Waals surface area (Å²) in [6.45, 7) is 1.91. The van der Waals surface area contributed by atoms with Gasteiger partial charge in [0, 0.05) is 24.4 Å². The number of carbonyl (C=O) groups excluding carboxylic acids is 1. The Hall–Kier alpha value is -1.72. The summed E-state index contributed by atoms with van der Waals surface area (Å²) < 4.78 is 0. The van der Waals surface area contributed by atoms with Crippen LogP contribution >= 0.6 is 11.3 Å². The Labute approximate surface area is 135 Å². The molecule has 2 aromatic rings. The molecule has 1 aliphatic rings. The molecule has 4 nitrogen and oxygen atoms in total. The van der Waals surface area contributed by atoms with Crippen molar-refractivity contribution in [3.8, 4) is 0 Å². The molecule has 1 amide bonds. The van der Waals surface area contributed by atoms with E-state index in [1.165, 1.54) is 5.56 Å². The van der Waals surface area contributed by atoms with Gasteiger partial charge >= 0.3 is 0 Å². The molecule has 1 aromatic carbocycles. The number of aryl methyl sites for hydroxylation is 2. The number of nitrogens with one attached hydrogen (secondary N) is 2. The third-order valence-electron chi connectivity index (χ3n) is 3.89. The summed E-state index contributed by atoms with van der Waals surface area (Å²) in [4.78, 5) is 16.7. The first-order chi connectivity index (χ1) is 10.8. The fourth-order valence-corrected chi connectivity index (χ4v) is 3.44. The van der Waals surface area contributed by atoms with E-state index >= 15 is 0 Å². The lowest BCUT2D eigenvalue weighted by molar-refractivity contribution is 0.0926. The largest absolute Gasteiger partial charge is 0.347 e. The molecular formula is C17H21N3OS. The lowest BCUT2D eigenvalue weighted by atomic mass is 10.1. The number of piperidine rings is 1. The van der Waals surface area contributed by atoms with Gasteiger partial charge in [0.15, 0.2) is 0 Å². The minimum Gasteiger partial charge on any atom is -0.347 e. The number of carbonyl (C=O) groups is 1. The minimum absolute atomic E-state index is 0.0455. The monoisotopic (exact) mass is 315 g/mol. The highest BCUT2D eigenvalue weighted by molar-refractivity contribution is 7.09. The van der Waals surface area contributed by atoms with Gasteiger partial charge in [0.25, 0.3) is 5.91 Å². The molecule has 1 fully saturated rings. The molecule has 5 heteroatoms. The Kier molecular flexibility index (Phi) is 5.19. The maximum absolute atomic E-state index is 12.2. The van der Waals surface area contributed by atoms with Crippen molar-refractivity contribution in [2.75, 3.05) is 13.1 Å². The first-order valence-corrected chi connectivity index (χ1v) is 8.69. The van der Waals surface area contributed by atoms with E-state index in [1.807, 2.05) is 23.6 Å². The molecular weight excluding hydrogens is 294 g/mol. The van der Waals surface area contributed by atoms with Crippen LogP contribution in [-0.2, 0) is 12.8 Å². The van der Waals surface area contributed by atoms with Crippen molar-refractivity contribution in [1.29, 1.82) is 0 Å². The maximum atomic E-state index is 12.2. The fraction of sp³-hybridized carbons (Fsp3) is 0.412. The molecule has 2 N–H and O–H groups in total. The molecule has 0 radical (unpaired) electrons. The SMILES string of the molecule is O=C(N[C@H]1CCCNC1)c1csc(CCc2ccccc2)n1. The fourth-order valence-electron chi connectivity index (χ4n) is 2.66. The van der Waals surface area contributed by atoms with Crippen LogP contribution in [0.2, 0.25) is 0 Å². The molecule has 2 heterocycles. The van der Waals surface area contributed by atoms with Gasteiger partial charge in [-0.15, -0.1) is 11.3 Å². The van der Waals surface area contributed by atoms with Crippen molar-refractivity contribution in [2.24, 2.45) is 0 Å². The topological polar surface area (TPSA) is 54.0 Å². The van der Waals surface area contributed by atoms with Crippen molar-refractivity contribution in [2.45, 2.75) is 31.7 Å². The van der Waals surface area contributed by atoms with Crippen LogP contribution in [0.1, 0.15) is 33.9 Å². The number of nitrogens with zero attached hydrogens (tertiary/aromatic N) is 1. The number of aromatic nitrogens is 1. The average molecular weight is 315 g/mol. The summed E-state index contributed by atoms with van der Waals surface area (Å²) >= 11 is 1.57. The predicted molar refractivity (Wildman–Crippen MR) is 89.3 cm³/mol. The summed E-state index contributed by atoms with van der Waals surface area (Å²) in [5.41, 5.74) is 1.86. The minimum atomic E-state index is -0.0455. The summed E-state index contributed by atoms with van der Waals surface area (Å²) in [7, 11) is 0. The van der Waals surface area contributed by atoms with Gasteiger partial charge in [0.05, 0.1) is 5.01 Å². The number of benzene rings is 1. The second kappa shape index (κ2) is 7.51. The molecule has 116 valence electrons. The molecule has 3 rings (SSSR count). The molecule has 1 atom stereocenters. The molecule has 0 bridgehead atoms. The number of amides is 1. The van der Waals surface area contributed by atoms with Crippen molar-refractivity contribution < 1.29 is 4.79 Å². The lowest BCUT2D eigenvalue weighted by Crippen LogP contribution is -2.45. The summed E-state index contributed by atoms with van der Waals surface area (Å²) in [6.07, 6.45) is 4.00. The number of rotatable bonds is 5. The zero-order valence-corrected chi connectivity index (χ0v) is 13.4. The van der Waals surface area contributed by atoms with Crippen molar-refractivity contribution >= 4 is 17.2 Å². The van der Waals surface area contributed by atoms with Crippen LogP contribution in [0.5, 0.6) is 0 Å². The third kappa shape index (κ3) is 4.15. The Morgan fingerprint density at radius 1 is 1.32 bits per heavy atom. The lowest BCUT2D eigenvalue weighted by Gasteiger charge is -2.23. The van der Waals surface area contributed by atoms with E-state index in [-0.39, 0.29) is 11.9 Å². The quantitative estimate of drug-likeness (QED) is 0.891. The Bertz CT molecular complexity index is 605. The highest BCUT2D eigenvalue weighted by atomic mass is 32.1. The van der Waals surface area contributed by atoms with Crippen LogP contribution in [-0.4, -0.2) is 30.0 Å². The van der Waals surface area contributed by atoms with E-state index in [0.29, 0.717) is 5.69 Å². The molecule has 0 saturated carbocycles. The zero-order valence-electron chi connectivity index (χ0n) is 12.5. The molecule has 0 spiro atoms. The molecule has 1 aromatic heterocycles. The maximum Gasteiger partial charge on any atom is 0.271 e. The molecule has 0 aliphatic carbocycles. The van der Waals surface area contributed by atoms with Crippen molar-refractivity contribution in [3.63, 3.8) is 0 Å². The summed E-state index contributed by atoms with van der Waals surface area (Å²) in [6, 6.07) is 10.6. The van der Waals surface area contributed by atoms with Crippen LogP contribution in [0.4, 0.5) is 0 Å². The standard InChI is InChI=1S/C17H21N3OS/c21-17(19-14-7-4-10-18-11-14)15-12-22-16(20-15)9-8-13-5-2-1-3-6-13/h1-3,5-6,12,14,18H,4,7-11H2,(H,19,21)/t14-/m0/s1. The Balaban J connectivity index is 1.52. The van der Waals surface area contributed by atoms with Crippen LogP contribution in [0.25, 0.3) is 0 Å². The Morgan fingerprint density at radius 2 is 2.18 bits per heavy atom.